The first-order valence-corrected chi connectivity index (χ1v) is 8.25. The van der Waals surface area contributed by atoms with Gasteiger partial charge in [-0.15, -0.1) is 0 Å². The third-order valence-corrected chi connectivity index (χ3v) is 4.56. The quantitative estimate of drug-likeness (QED) is 0.670. The molecule has 0 bridgehead atoms. The number of rotatable bonds is 10. The van der Waals surface area contributed by atoms with Crippen molar-refractivity contribution >= 4 is 11.8 Å². The molecule has 0 aliphatic carbocycles. The van der Waals surface area contributed by atoms with Crippen LogP contribution in [0.2, 0.25) is 0 Å². The summed E-state index contributed by atoms with van der Waals surface area (Å²) in [5.41, 5.74) is 1.32. The smallest absolute Gasteiger partial charge is 0.118 e. The van der Waals surface area contributed by atoms with Crippen molar-refractivity contribution in [2.24, 2.45) is 0 Å². The highest BCUT2D eigenvalue weighted by molar-refractivity contribution is 7.99. The fourth-order valence-electron chi connectivity index (χ4n) is 2.15. The molecule has 0 aliphatic rings. The van der Waals surface area contributed by atoms with Gasteiger partial charge in [0.2, 0.25) is 0 Å². The van der Waals surface area contributed by atoms with Gasteiger partial charge in [-0.25, -0.2) is 0 Å². The van der Waals surface area contributed by atoms with Crippen molar-refractivity contribution in [3.8, 4) is 5.75 Å². The van der Waals surface area contributed by atoms with Gasteiger partial charge in [-0.3, -0.25) is 0 Å². The van der Waals surface area contributed by atoms with Crippen LogP contribution in [0, 0.1) is 0 Å². The van der Waals surface area contributed by atoms with Crippen molar-refractivity contribution in [3.63, 3.8) is 0 Å². The molecule has 0 spiro atoms. The Hall–Kier alpha value is -0.710. The number of benzene rings is 1. The topological polar surface area (TPSA) is 30.5 Å². The summed E-state index contributed by atoms with van der Waals surface area (Å²) in [7, 11) is 3.46. The molecule has 0 amide bonds. The average Bonchev–Trinajstić information content (AvgIpc) is 2.49. The monoisotopic (exact) mass is 297 g/mol. The standard InChI is InChI=1S/C16H27NO2S/c1-5-17-16(13(2)20-12-6-11-18-3)14-7-9-15(19-4)10-8-14/h7-10,13,16-17H,5-6,11-12H2,1-4H3. The van der Waals surface area contributed by atoms with Crippen LogP contribution < -0.4 is 10.1 Å². The Bertz CT molecular complexity index is 356. The van der Waals surface area contributed by atoms with E-state index >= 15 is 0 Å². The molecular weight excluding hydrogens is 270 g/mol. The van der Waals surface area contributed by atoms with Gasteiger partial charge in [0.15, 0.2) is 0 Å². The highest BCUT2D eigenvalue weighted by atomic mass is 32.2. The van der Waals surface area contributed by atoms with Crippen LogP contribution in [-0.2, 0) is 4.74 Å². The van der Waals surface area contributed by atoms with E-state index in [9.17, 15) is 0 Å². The molecule has 1 aromatic carbocycles. The molecule has 4 heteroatoms. The van der Waals surface area contributed by atoms with E-state index in [-0.39, 0.29) is 0 Å². The molecule has 20 heavy (non-hydrogen) atoms. The van der Waals surface area contributed by atoms with E-state index in [2.05, 4.69) is 31.3 Å². The third-order valence-electron chi connectivity index (χ3n) is 3.24. The summed E-state index contributed by atoms with van der Waals surface area (Å²) in [5.74, 6) is 2.04. The molecule has 1 rings (SSSR count). The van der Waals surface area contributed by atoms with E-state index in [1.54, 1.807) is 14.2 Å². The molecule has 0 heterocycles. The van der Waals surface area contributed by atoms with Gasteiger partial charge in [0, 0.05) is 25.0 Å². The molecule has 0 fully saturated rings. The first kappa shape index (κ1) is 17.3. The molecule has 0 aliphatic heterocycles. The first-order valence-electron chi connectivity index (χ1n) is 7.20. The van der Waals surface area contributed by atoms with Crippen molar-refractivity contribution in [1.82, 2.24) is 5.32 Å². The summed E-state index contributed by atoms with van der Waals surface area (Å²) in [4.78, 5) is 0. The number of hydrogen-bond donors (Lipinski definition) is 1. The summed E-state index contributed by atoms with van der Waals surface area (Å²) < 4.78 is 10.3. The van der Waals surface area contributed by atoms with Crippen LogP contribution in [0.4, 0.5) is 0 Å². The van der Waals surface area contributed by atoms with Crippen molar-refractivity contribution in [1.29, 1.82) is 0 Å². The van der Waals surface area contributed by atoms with Gasteiger partial charge >= 0.3 is 0 Å². The minimum atomic E-state index is 0.374. The molecule has 3 nitrogen and oxygen atoms in total. The molecule has 2 unspecified atom stereocenters. The first-order chi connectivity index (χ1) is 9.72. The Kier molecular flexibility index (Phi) is 8.74. The minimum Gasteiger partial charge on any atom is -0.497 e. The second-order valence-corrected chi connectivity index (χ2v) is 6.22. The van der Waals surface area contributed by atoms with Crippen LogP contribution >= 0.6 is 11.8 Å². The van der Waals surface area contributed by atoms with Crippen LogP contribution in [0.15, 0.2) is 24.3 Å². The van der Waals surface area contributed by atoms with Gasteiger partial charge in [0.25, 0.3) is 0 Å². The number of ether oxygens (including phenoxy) is 2. The highest BCUT2D eigenvalue weighted by Gasteiger charge is 2.18. The molecule has 0 saturated carbocycles. The molecular formula is C16H27NO2S. The van der Waals surface area contributed by atoms with E-state index < -0.39 is 0 Å². The molecule has 114 valence electrons. The van der Waals surface area contributed by atoms with Crippen LogP contribution in [-0.4, -0.2) is 38.4 Å². The van der Waals surface area contributed by atoms with Gasteiger partial charge in [0.05, 0.1) is 7.11 Å². The maximum absolute atomic E-state index is 5.22. The Morgan fingerprint density at radius 2 is 1.90 bits per heavy atom. The summed E-state index contributed by atoms with van der Waals surface area (Å²) in [6, 6.07) is 8.74. The molecule has 0 saturated heterocycles. The van der Waals surface area contributed by atoms with Gasteiger partial charge in [-0.1, -0.05) is 26.0 Å². The van der Waals surface area contributed by atoms with E-state index in [0.29, 0.717) is 11.3 Å². The zero-order valence-electron chi connectivity index (χ0n) is 13.0. The highest BCUT2D eigenvalue weighted by Crippen LogP contribution is 2.28. The predicted molar refractivity (Wildman–Crippen MR) is 87.8 cm³/mol. The van der Waals surface area contributed by atoms with Gasteiger partial charge < -0.3 is 14.8 Å². The number of hydrogen-bond acceptors (Lipinski definition) is 4. The summed E-state index contributed by atoms with van der Waals surface area (Å²) in [6.07, 6.45) is 1.10. The second kappa shape index (κ2) is 10.1. The Labute approximate surface area is 127 Å². The van der Waals surface area contributed by atoms with Gasteiger partial charge in [-0.2, -0.15) is 11.8 Å². The lowest BCUT2D eigenvalue weighted by atomic mass is 10.0. The zero-order valence-corrected chi connectivity index (χ0v) is 13.8. The summed E-state index contributed by atoms with van der Waals surface area (Å²) in [6.45, 7) is 6.25. The Morgan fingerprint density at radius 1 is 1.20 bits per heavy atom. The van der Waals surface area contributed by atoms with Crippen LogP contribution in [0.25, 0.3) is 0 Å². The molecule has 1 N–H and O–H groups in total. The van der Waals surface area contributed by atoms with Crippen molar-refractivity contribution in [3.05, 3.63) is 29.8 Å². The number of thioether (sulfide) groups is 1. The lowest BCUT2D eigenvalue weighted by Gasteiger charge is -2.25. The fourth-order valence-corrected chi connectivity index (χ4v) is 3.26. The SMILES string of the molecule is CCNC(c1ccc(OC)cc1)C(C)SCCCOC. The summed E-state index contributed by atoms with van der Waals surface area (Å²) in [5, 5.41) is 4.11. The van der Waals surface area contributed by atoms with Crippen molar-refractivity contribution in [2.45, 2.75) is 31.6 Å². The number of nitrogens with one attached hydrogen (secondary N) is 1. The molecule has 2 atom stereocenters. The van der Waals surface area contributed by atoms with E-state index in [0.717, 1.165) is 31.1 Å². The Morgan fingerprint density at radius 3 is 2.45 bits per heavy atom. The fraction of sp³-hybridized carbons (Fsp3) is 0.625. The zero-order chi connectivity index (χ0) is 14.8. The maximum atomic E-state index is 5.22. The van der Waals surface area contributed by atoms with E-state index in [1.807, 2.05) is 23.9 Å². The molecule has 0 radical (unpaired) electrons. The third kappa shape index (κ3) is 5.73. The van der Waals surface area contributed by atoms with Crippen LogP contribution in [0.5, 0.6) is 5.75 Å². The average molecular weight is 297 g/mol. The predicted octanol–water partition coefficient (Wildman–Crippen LogP) is 3.50. The van der Waals surface area contributed by atoms with Gasteiger partial charge in [0.1, 0.15) is 5.75 Å². The van der Waals surface area contributed by atoms with Crippen molar-refractivity contribution < 1.29 is 9.47 Å². The lowest BCUT2D eigenvalue weighted by Crippen LogP contribution is -2.28. The summed E-state index contributed by atoms with van der Waals surface area (Å²) >= 11 is 2.00. The van der Waals surface area contributed by atoms with E-state index in [4.69, 9.17) is 9.47 Å². The minimum absolute atomic E-state index is 0.374. The van der Waals surface area contributed by atoms with Gasteiger partial charge in [-0.05, 0) is 36.4 Å². The van der Waals surface area contributed by atoms with E-state index in [1.165, 1.54) is 5.56 Å². The lowest BCUT2D eigenvalue weighted by molar-refractivity contribution is 0.200. The Balaban J connectivity index is 2.61. The normalized spacial score (nSPS) is 14.0. The second-order valence-electron chi connectivity index (χ2n) is 4.73. The maximum Gasteiger partial charge on any atom is 0.118 e. The molecule has 0 aromatic heterocycles. The number of methoxy groups -OCH3 is 2. The molecule has 1 aromatic rings. The van der Waals surface area contributed by atoms with Crippen LogP contribution in [0.1, 0.15) is 31.9 Å². The largest absolute Gasteiger partial charge is 0.497 e. The van der Waals surface area contributed by atoms with Crippen molar-refractivity contribution in [2.75, 3.05) is 33.1 Å². The van der Waals surface area contributed by atoms with Crippen LogP contribution in [0.3, 0.4) is 0 Å².